The molecule has 2 aromatic heterocycles. The molecule has 0 unspecified atom stereocenters. The first-order chi connectivity index (χ1) is 25.9. The van der Waals surface area contributed by atoms with Crippen LogP contribution in [0, 0.1) is 12.8 Å². The number of aliphatic hydroxyl groups excluding tert-OH is 2. The highest BCUT2D eigenvalue weighted by atomic mass is 19.4. The number of benzene rings is 2. The number of hydrogen-bond acceptors (Lipinski definition) is 9. The molecule has 1 saturated heterocycles. The van der Waals surface area contributed by atoms with Gasteiger partial charge in [0, 0.05) is 55.1 Å². The number of nitrogens with zero attached hydrogens (tertiary/aromatic N) is 3. The predicted octanol–water partition coefficient (Wildman–Crippen LogP) is 4.43. The molecule has 0 spiro atoms. The topological polar surface area (TPSA) is 140 Å². The molecule has 1 fully saturated rings. The Balaban J connectivity index is 1.14. The molecule has 2 aliphatic rings. The molecule has 54 heavy (non-hydrogen) atoms. The first-order valence-corrected chi connectivity index (χ1v) is 18.2. The van der Waals surface area contributed by atoms with Gasteiger partial charge >= 0.3 is 6.18 Å². The predicted molar refractivity (Wildman–Crippen MR) is 194 cm³/mol. The molecule has 0 bridgehead atoms. The number of para-hydroxylation sites is 1. The van der Waals surface area contributed by atoms with Crippen molar-refractivity contribution in [3.8, 4) is 17.1 Å². The first kappa shape index (κ1) is 38.9. The van der Waals surface area contributed by atoms with Gasteiger partial charge in [-0.1, -0.05) is 48.5 Å². The Bertz CT molecular complexity index is 1860. The summed E-state index contributed by atoms with van der Waals surface area (Å²) in [6.07, 6.45) is -4.01. The highest BCUT2D eigenvalue weighted by Gasteiger charge is 2.38. The zero-order chi connectivity index (χ0) is 38.2. The summed E-state index contributed by atoms with van der Waals surface area (Å²) in [4.78, 5) is 35.1. The van der Waals surface area contributed by atoms with E-state index in [2.05, 4.69) is 10.3 Å². The summed E-state index contributed by atoms with van der Waals surface area (Å²) in [5, 5.41) is 27.3. The summed E-state index contributed by atoms with van der Waals surface area (Å²) in [6.45, 7) is 1.53. The van der Waals surface area contributed by atoms with E-state index in [-0.39, 0.29) is 38.6 Å². The van der Waals surface area contributed by atoms with Crippen LogP contribution in [0.15, 0.2) is 89.5 Å². The fraction of sp³-hybridized carbons (Fsp3) is 0.425. The van der Waals surface area contributed by atoms with E-state index in [1.54, 1.807) is 29.3 Å². The number of aliphatic hydroxyl groups is 2. The average Bonchev–Trinajstić information content (AvgIpc) is 3.62. The van der Waals surface area contributed by atoms with E-state index in [1.807, 2.05) is 77.8 Å². The van der Waals surface area contributed by atoms with Crippen LogP contribution in [-0.2, 0) is 22.6 Å². The molecule has 0 saturated carbocycles. The number of nitrogens with one attached hydrogen (secondary N) is 2. The van der Waals surface area contributed by atoms with Crippen LogP contribution in [0.1, 0.15) is 41.5 Å². The summed E-state index contributed by atoms with van der Waals surface area (Å²) in [5.41, 5.74) is 3.36. The van der Waals surface area contributed by atoms with E-state index >= 15 is 0 Å². The van der Waals surface area contributed by atoms with E-state index in [4.69, 9.17) is 9.15 Å². The third-order valence-electron chi connectivity index (χ3n) is 9.91. The molecule has 14 heteroatoms. The van der Waals surface area contributed by atoms with Crippen LogP contribution < -0.4 is 15.4 Å². The minimum atomic E-state index is -4.60. The minimum absolute atomic E-state index is 0.00849. The number of carbonyl (C=O) groups excluding carboxylic acids is 2. The van der Waals surface area contributed by atoms with Gasteiger partial charge in [-0.05, 0) is 62.1 Å². The maximum atomic E-state index is 13.9. The number of carbonyl (C=O) groups is 2. The number of piperazine rings is 1. The lowest BCUT2D eigenvalue weighted by molar-refractivity contribution is -0.143. The molecule has 4 aromatic rings. The van der Waals surface area contributed by atoms with Gasteiger partial charge in [0.2, 0.25) is 11.8 Å². The highest BCUT2D eigenvalue weighted by molar-refractivity contribution is 5.82. The number of halogens is 3. The number of hydrogen-bond donors (Lipinski definition) is 4. The number of alkyl halides is 3. The van der Waals surface area contributed by atoms with Gasteiger partial charge in [0.25, 0.3) is 0 Å². The quantitative estimate of drug-likeness (QED) is 0.148. The Morgan fingerprint density at radius 1 is 1.04 bits per heavy atom. The second-order valence-electron chi connectivity index (χ2n) is 14.0. The lowest BCUT2D eigenvalue weighted by Crippen LogP contribution is -2.60. The molecule has 4 heterocycles. The number of amides is 2. The fourth-order valence-corrected chi connectivity index (χ4v) is 7.14. The lowest BCUT2D eigenvalue weighted by atomic mass is 9.91. The van der Waals surface area contributed by atoms with Gasteiger partial charge in [-0.25, -0.2) is 0 Å². The van der Waals surface area contributed by atoms with Crippen LogP contribution in [0.5, 0.6) is 5.75 Å². The molecule has 11 nitrogen and oxygen atoms in total. The lowest BCUT2D eigenvalue weighted by Gasteiger charge is -2.41. The van der Waals surface area contributed by atoms with E-state index in [1.165, 1.54) is 0 Å². The molecule has 288 valence electrons. The second kappa shape index (κ2) is 17.6. The van der Waals surface area contributed by atoms with Crippen LogP contribution in [0.3, 0.4) is 0 Å². The average molecular weight is 750 g/mol. The number of ether oxygens (including phenoxy) is 1. The van der Waals surface area contributed by atoms with Crippen LogP contribution in [-0.4, -0.2) is 101 Å². The molecular weight excluding hydrogens is 703 g/mol. The number of aryl methyl sites for hydroxylation is 2. The molecule has 2 aliphatic heterocycles. The monoisotopic (exact) mass is 749 g/mol. The number of rotatable bonds is 14. The van der Waals surface area contributed by atoms with E-state index in [0.717, 1.165) is 16.8 Å². The molecule has 5 atom stereocenters. The van der Waals surface area contributed by atoms with Gasteiger partial charge in [0.05, 0.1) is 18.7 Å². The second-order valence-corrected chi connectivity index (χ2v) is 14.0. The number of pyridine rings is 1. The number of β-amino-alcohol motifs (C(OH)–C–C–N with tert-alkyl or cyclic N) is 1. The number of fused-ring (bicyclic) bond motifs is 1. The van der Waals surface area contributed by atoms with Crippen molar-refractivity contribution in [3.05, 3.63) is 108 Å². The van der Waals surface area contributed by atoms with Crippen molar-refractivity contribution in [2.45, 2.75) is 63.2 Å². The zero-order valence-electron chi connectivity index (χ0n) is 30.0. The van der Waals surface area contributed by atoms with Crippen molar-refractivity contribution in [3.63, 3.8) is 0 Å². The van der Waals surface area contributed by atoms with Crippen LogP contribution >= 0.6 is 0 Å². The molecule has 0 aliphatic carbocycles. The van der Waals surface area contributed by atoms with Crippen molar-refractivity contribution in [1.82, 2.24) is 25.4 Å². The Morgan fingerprint density at radius 3 is 2.59 bits per heavy atom. The summed E-state index contributed by atoms with van der Waals surface area (Å²) >= 11 is 0. The summed E-state index contributed by atoms with van der Waals surface area (Å²) in [5.74, 6) is 0.0137. The Morgan fingerprint density at radius 2 is 1.81 bits per heavy atom. The Kier molecular flexibility index (Phi) is 12.7. The standard InChI is InChI=1S/C40H46F3N5O6/c1-26-19-28(15-16-44-26)35-14-13-31(54-35)22-47-17-18-48(33(23-47)39(52)45-25-40(41,42)43)21-30(49)20-29(12-11-27-7-3-2-4-8-27)38(51)46-37-32-9-5-6-10-36(32)53-24-34(37)50/h2-10,13-16,19,29-30,33-34,37,49-50H,11-12,17-18,20-25H2,1H3,(H,45,52)(H,46,51)/t29-,30+,33+,34-,37+/m1/s1. The smallest absolute Gasteiger partial charge is 0.405 e. The normalized spacial score (nSPS) is 20.4. The Hall–Kier alpha value is -4.76. The van der Waals surface area contributed by atoms with Crippen LogP contribution in [0.25, 0.3) is 11.3 Å². The van der Waals surface area contributed by atoms with Crippen molar-refractivity contribution in [2.75, 3.05) is 39.3 Å². The van der Waals surface area contributed by atoms with Crippen molar-refractivity contribution in [1.29, 1.82) is 0 Å². The molecule has 6 rings (SSSR count). The minimum Gasteiger partial charge on any atom is -0.490 e. The highest BCUT2D eigenvalue weighted by Crippen LogP contribution is 2.33. The van der Waals surface area contributed by atoms with Gasteiger partial charge in [-0.3, -0.25) is 24.4 Å². The first-order valence-electron chi connectivity index (χ1n) is 18.2. The maximum Gasteiger partial charge on any atom is 0.405 e. The Labute approximate surface area is 312 Å². The molecule has 2 amide bonds. The maximum absolute atomic E-state index is 13.9. The van der Waals surface area contributed by atoms with E-state index in [9.17, 15) is 33.0 Å². The van der Waals surface area contributed by atoms with E-state index < -0.39 is 48.8 Å². The third kappa shape index (κ3) is 10.5. The van der Waals surface area contributed by atoms with Crippen molar-refractivity contribution >= 4 is 11.8 Å². The summed E-state index contributed by atoms with van der Waals surface area (Å²) in [7, 11) is 0. The van der Waals surface area contributed by atoms with Gasteiger partial charge in [-0.2, -0.15) is 13.2 Å². The van der Waals surface area contributed by atoms with Crippen LogP contribution in [0.2, 0.25) is 0 Å². The van der Waals surface area contributed by atoms with E-state index in [0.29, 0.717) is 48.8 Å². The largest absolute Gasteiger partial charge is 0.490 e. The summed E-state index contributed by atoms with van der Waals surface area (Å²) in [6, 6.07) is 22.5. The van der Waals surface area contributed by atoms with Gasteiger partial charge in [0.1, 0.15) is 42.6 Å². The van der Waals surface area contributed by atoms with Gasteiger partial charge in [0.15, 0.2) is 0 Å². The number of furan rings is 1. The zero-order valence-corrected chi connectivity index (χ0v) is 30.0. The van der Waals surface area contributed by atoms with Gasteiger partial charge < -0.3 is 30.0 Å². The molecule has 2 aromatic carbocycles. The van der Waals surface area contributed by atoms with Crippen molar-refractivity contribution in [2.24, 2.45) is 5.92 Å². The fourth-order valence-electron chi connectivity index (χ4n) is 7.14. The third-order valence-corrected chi connectivity index (χ3v) is 9.91. The molecule has 4 N–H and O–H groups in total. The SMILES string of the molecule is Cc1cc(-c2ccc(CN3CCN(C[C@@H](O)C[C@@H](CCc4ccccc4)C(=O)N[C@H]4c5ccccc5OC[C@H]4O)[C@H](C(=O)NCC(F)(F)F)C3)o2)ccn1. The van der Waals surface area contributed by atoms with Crippen LogP contribution in [0.4, 0.5) is 13.2 Å². The molecular formula is C40H46F3N5O6. The summed E-state index contributed by atoms with van der Waals surface area (Å²) < 4.78 is 51.2. The van der Waals surface area contributed by atoms with Crippen molar-refractivity contribution < 1.29 is 42.1 Å². The molecule has 0 radical (unpaired) electrons. The number of aromatic nitrogens is 1. The van der Waals surface area contributed by atoms with Gasteiger partial charge in [-0.15, -0.1) is 0 Å².